The Morgan fingerprint density at radius 1 is 1.33 bits per heavy atom. The standard InChI is InChI=1S/C11H19N3S/c1-6-12-9-8(2)10(14-7-13-9)15-11(3,4)5/h7H,6H2,1-5H3,(H,12,13,14). The molecule has 0 aromatic carbocycles. The molecule has 4 heteroatoms. The van der Waals surface area contributed by atoms with Gasteiger partial charge in [-0.2, -0.15) is 0 Å². The fourth-order valence-electron chi connectivity index (χ4n) is 1.17. The van der Waals surface area contributed by atoms with Gasteiger partial charge in [0.25, 0.3) is 0 Å². The van der Waals surface area contributed by atoms with E-state index in [1.54, 1.807) is 18.1 Å². The fraction of sp³-hybridized carbons (Fsp3) is 0.636. The summed E-state index contributed by atoms with van der Waals surface area (Å²) in [6.07, 6.45) is 1.62. The summed E-state index contributed by atoms with van der Waals surface area (Å²) < 4.78 is 0.183. The number of hydrogen-bond donors (Lipinski definition) is 1. The second-order valence-electron chi connectivity index (χ2n) is 4.40. The molecule has 0 aliphatic carbocycles. The Balaban J connectivity index is 2.94. The van der Waals surface area contributed by atoms with Crippen molar-refractivity contribution in [2.24, 2.45) is 0 Å². The molecule has 0 atom stereocenters. The van der Waals surface area contributed by atoms with Gasteiger partial charge in [0.1, 0.15) is 17.2 Å². The lowest BCUT2D eigenvalue weighted by atomic mass is 10.3. The maximum absolute atomic E-state index is 4.32. The van der Waals surface area contributed by atoms with Crippen molar-refractivity contribution in [2.75, 3.05) is 11.9 Å². The Morgan fingerprint density at radius 2 is 2.00 bits per heavy atom. The molecule has 0 spiro atoms. The minimum atomic E-state index is 0.183. The van der Waals surface area contributed by atoms with Gasteiger partial charge in [-0.3, -0.25) is 0 Å². The fourth-order valence-corrected chi connectivity index (χ4v) is 2.10. The number of thioether (sulfide) groups is 1. The second-order valence-corrected chi connectivity index (χ2v) is 6.21. The van der Waals surface area contributed by atoms with Crippen LogP contribution in [0.4, 0.5) is 5.82 Å². The predicted octanol–water partition coefficient (Wildman–Crippen LogP) is 3.11. The van der Waals surface area contributed by atoms with Crippen LogP contribution in [0, 0.1) is 6.92 Å². The van der Waals surface area contributed by atoms with Crippen LogP contribution in [-0.4, -0.2) is 21.3 Å². The summed E-state index contributed by atoms with van der Waals surface area (Å²) in [5.74, 6) is 0.944. The zero-order valence-electron chi connectivity index (χ0n) is 10.1. The third-order valence-electron chi connectivity index (χ3n) is 1.78. The third-order valence-corrected chi connectivity index (χ3v) is 3.00. The number of hydrogen-bond acceptors (Lipinski definition) is 4. The molecule has 0 aliphatic rings. The molecule has 0 radical (unpaired) electrons. The molecule has 0 bridgehead atoms. The van der Waals surface area contributed by atoms with E-state index >= 15 is 0 Å². The number of rotatable bonds is 3. The normalized spacial score (nSPS) is 11.5. The van der Waals surface area contributed by atoms with Crippen LogP contribution in [0.2, 0.25) is 0 Å². The van der Waals surface area contributed by atoms with Gasteiger partial charge in [0, 0.05) is 16.9 Å². The van der Waals surface area contributed by atoms with E-state index in [1.807, 2.05) is 0 Å². The predicted molar refractivity (Wildman–Crippen MR) is 66.5 cm³/mol. The Hall–Kier alpha value is -0.770. The zero-order chi connectivity index (χ0) is 11.5. The molecule has 0 amide bonds. The lowest BCUT2D eigenvalue weighted by Gasteiger charge is -2.18. The monoisotopic (exact) mass is 225 g/mol. The molecule has 3 nitrogen and oxygen atoms in total. The average Bonchev–Trinajstić information content (AvgIpc) is 2.10. The summed E-state index contributed by atoms with van der Waals surface area (Å²) in [6.45, 7) is 11.6. The zero-order valence-corrected chi connectivity index (χ0v) is 10.9. The van der Waals surface area contributed by atoms with Crippen LogP contribution >= 0.6 is 11.8 Å². The SMILES string of the molecule is CCNc1ncnc(SC(C)(C)C)c1C. The molecule has 0 fully saturated rings. The molecule has 0 saturated heterocycles. The Labute approximate surface area is 96.1 Å². The summed E-state index contributed by atoms with van der Waals surface area (Å²) in [5.41, 5.74) is 1.14. The van der Waals surface area contributed by atoms with E-state index < -0.39 is 0 Å². The number of nitrogens with zero attached hydrogens (tertiary/aromatic N) is 2. The van der Waals surface area contributed by atoms with Crippen LogP contribution in [0.1, 0.15) is 33.3 Å². The number of nitrogens with one attached hydrogen (secondary N) is 1. The van der Waals surface area contributed by atoms with Gasteiger partial charge >= 0.3 is 0 Å². The van der Waals surface area contributed by atoms with Gasteiger partial charge in [0.2, 0.25) is 0 Å². The van der Waals surface area contributed by atoms with Crippen LogP contribution in [0.5, 0.6) is 0 Å². The topological polar surface area (TPSA) is 37.8 Å². The van der Waals surface area contributed by atoms with E-state index in [2.05, 4.69) is 49.9 Å². The lowest BCUT2D eigenvalue weighted by Crippen LogP contribution is -2.10. The van der Waals surface area contributed by atoms with Crippen LogP contribution in [-0.2, 0) is 0 Å². The van der Waals surface area contributed by atoms with Gasteiger partial charge < -0.3 is 5.32 Å². The van der Waals surface area contributed by atoms with Crippen molar-refractivity contribution < 1.29 is 0 Å². The summed E-state index contributed by atoms with van der Waals surface area (Å²) in [7, 11) is 0. The van der Waals surface area contributed by atoms with E-state index in [-0.39, 0.29) is 4.75 Å². The van der Waals surface area contributed by atoms with E-state index in [0.29, 0.717) is 0 Å². The van der Waals surface area contributed by atoms with Crippen molar-refractivity contribution in [1.29, 1.82) is 0 Å². The van der Waals surface area contributed by atoms with Crippen LogP contribution in [0.3, 0.4) is 0 Å². The van der Waals surface area contributed by atoms with Gasteiger partial charge in [0.15, 0.2) is 0 Å². The number of aromatic nitrogens is 2. The first-order valence-electron chi connectivity index (χ1n) is 5.18. The maximum atomic E-state index is 4.32. The lowest BCUT2D eigenvalue weighted by molar-refractivity contribution is 0.797. The molecule has 15 heavy (non-hydrogen) atoms. The highest BCUT2D eigenvalue weighted by Crippen LogP contribution is 2.33. The minimum absolute atomic E-state index is 0.183. The van der Waals surface area contributed by atoms with Crippen molar-refractivity contribution in [3.8, 4) is 0 Å². The van der Waals surface area contributed by atoms with Crippen molar-refractivity contribution >= 4 is 17.6 Å². The van der Waals surface area contributed by atoms with Gasteiger partial charge in [0.05, 0.1) is 0 Å². The molecule has 1 aromatic heterocycles. The first kappa shape index (κ1) is 12.3. The van der Waals surface area contributed by atoms with Crippen molar-refractivity contribution in [3.63, 3.8) is 0 Å². The van der Waals surface area contributed by atoms with Crippen LogP contribution < -0.4 is 5.32 Å². The largest absolute Gasteiger partial charge is 0.370 e. The average molecular weight is 225 g/mol. The highest BCUT2D eigenvalue weighted by Gasteiger charge is 2.16. The van der Waals surface area contributed by atoms with E-state index in [9.17, 15) is 0 Å². The maximum Gasteiger partial charge on any atom is 0.133 e. The van der Waals surface area contributed by atoms with Crippen molar-refractivity contribution in [1.82, 2.24) is 9.97 Å². The smallest absolute Gasteiger partial charge is 0.133 e. The summed E-state index contributed by atoms with van der Waals surface area (Å²) in [5, 5.41) is 4.30. The number of anilines is 1. The molecule has 84 valence electrons. The summed E-state index contributed by atoms with van der Waals surface area (Å²) in [4.78, 5) is 8.54. The first-order chi connectivity index (χ1) is 6.94. The summed E-state index contributed by atoms with van der Waals surface area (Å²) in [6, 6.07) is 0. The molecule has 0 unspecified atom stereocenters. The van der Waals surface area contributed by atoms with Crippen molar-refractivity contribution in [3.05, 3.63) is 11.9 Å². The highest BCUT2D eigenvalue weighted by molar-refractivity contribution is 8.00. The summed E-state index contributed by atoms with van der Waals surface area (Å²) >= 11 is 1.78. The molecule has 1 heterocycles. The molecular formula is C11H19N3S. The van der Waals surface area contributed by atoms with Gasteiger partial charge in [-0.15, -0.1) is 11.8 Å². The second kappa shape index (κ2) is 4.84. The molecule has 1 aromatic rings. The highest BCUT2D eigenvalue weighted by atomic mass is 32.2. The Kier molecular flexibility index (Phi) is 3.97. The Morgan fingerprint density at radius 3 is 2.53 bits per heavy atom. The van der Waals surface area contributed by atoms with E-state index in [0.717, 1.165) is 23.0 Å². The van der Waals surface area contributed by atoms with Gasteiger partial charge in [-0.25, -0.2) is 9.97 Å². The van der Waals surface area contributed by atoms with Crippen molar-refractivity contribution in [2.45, 2.75) is 44.4 Å². The van der Waals surface area contributed by atoms with Crippen LogP contribution in [0.25, 0.3) is 0 Å². The van der Waals surface area contributed by atoms with Gasteiger partial charge in [-0.1, -0.05) is 20.8 Å². The first-order valence-corrected chi connectivity index (χ1v) is 6.00. The minimum Gasteiger partial charge on any atom is -0.370 e. The molecule has 0 saturated carbocycles. The molecule has 1 rings (SSSR count). The molecular weight excluding hydrogens is 206 g/mol. The van der Waals surface area contributed by atoms with Gasteiger partial charge in [-0.05, 0) is 13.8 Å². The molecule has 1 N–H and O–H groups in total. The third kappa shape index (κ3) is 3.70. The van der Waals surface area contributed by atoms with E-state index in [1.165, 1.54) is 0 Å². The quantitative estimate of drug-likeness (QED) is 0.633. The Bertz CT molecular complexity index is 331. The molecule has 0 aliphatic heterocycles. The van der Waals surface area contributed by atoms with Crippen LogP contribution in [0.15, 0.2) is 11.4 Å². The van der Waals surface area contributed by atoms with E-state index in [4.69, 9.17) is 0 Å².